The Bertz CT molecular complexity index is 1740. The quantitative estimate of drug-likeness (QED) is 0.208. The minimum atomic E-state index is -1.39. The summed E-state index contributed by atoms with van der Waals surface area (Å²) in [5.74, 6) is -3.10. The number of aromatic nitrogens is 5. The second-order valence-electron chi connectivity index (χ2n) is 11.2. The van der Waals surface area contributed by atoms with Gasteiger partial charge in [0.15, 0.2) is 11.6 Å². The SMILES string of the molecule is CC(C(=O)NC(CC(=O)O)C(=O)Cn1nnnc1Cc1ccccc1)N1CCCC[C@H](NC(=O)c2cnc3ccccc3c2)C1=O. The minimum absolute atomic E-state index is 0.252. The van der Waals surface area contributed by atoms with Crippen molar-refractivity contribution in [3.8, 4) is 0 Å². The fourth-order valence-corrected chi connectivity index (χ4v) is 5.38. The number of carboxylic acids is 1. The Balaban J connectivity index is 1.24. The van der Waals surface area contributed by atoms with Crippen LogP contribution in [0.2, 0.25) is 0 Å². The third-order valence-electron chi connectivity index (χ3n) is 7.93. The number of nitrogens with one attached hydrogen (secondary N) is 2. The number of aliphatic carboxylic acids is 1. The number of hydrogen-bond acceptors (Lipinski definition) is 9. The predicted molar refractivity (Wildman–Crippen MR) is 164 cm³/mol. The number of hydrogen-bond donors (Lipinski definition) is 3. The van der Waals surface area contributed by atoms with E-state index < -0.39 is 54.0 Å². The summed E-state index contributed by atoms with van der Waals surface area (Å²) in [6, 6.07) is 15.1. The van der Waals surface area contributed by atoms with Gasteiger partial charge in [-0.1, -0.05) is 48.5 Å². The van der Waals surface area contributed by atoms with Crippen LogP contribution in [0, 0.1) is 0 Å². The average molecular weight is 627 g/mol. The number of likely N-dealkylation sites (tertiary alicyclic amines) is 1. The Morgan fingerprint density at radius 3 is 2.59 bits per heavy atom. The smallest absolute Gasteiger partial charge is 0.305 e. The molecule has 238 valence electrons. The fraction of sp³-hybridized carbons (Fsp3) is 0.344. The molecule has 14 heteroatoms. The lowest BCUT2D eigenvalue weighted by Gasteiger charge is -2.30. The molecule has 3 amide bonds. The Morgan fingerprint density at radius 2 is 1.80 bits per heavy atom. The van der Waals surface area contributed by atoms with Crippen LogP contribution in [0.3, 0.4) is 0 Å². The minimum Gasteiger partial charge on any atom is -0.481 e. The molecule has 2 unspecified atom stereocenters. The van der Waals surface area contributed by atoms with E-state index in [-0.39, 0.29) is 13.1 Å². The first-order valence-corrected chi connectivity index (χ1v) is 15.0. The van der Waals surface area contributed by atoms with E-state index in [1.807, 2.05) is 54.6 Å². The Labute approximate surface area is 264 Å². The highest BCUT2D eigenvalue weighted by molar-refractivity contribution is 6.00. The van der Waals surface area contributed by atoms with E-state index in [1.165, 1.54) is 22.7 Å². The van der Waals surface area contributed by atoms with Gasteiger partial charge in [-0.15, -0.1) is 5.10 Å². The number of tetrazole rings is 1. The average Bonchev–Trinajstić information content (AvgIpc) is 3.40. The maximum absolute atomic E-state index is 13.6. The molecule has 0 saturated carbocycles. The first-order chi connectivity index (χ1) is 22.2. The number of pyridine rings is 1. The van der Waals surface area contributed by atoms with Gasteiger partial charge in [0.1, 0.15) is 18.6 Å². The molecule has 3 atom stereocenters. The molecule has 46 heavy (non-hydrogen) atoms. The first kappa shape index (κ1) is 31.9. The number of nitrogens with zero attached hydrogens (tertiary/aromatic N) is 6. The summed E-state index contributed by atoms with van der Waals surface area (Å²) in [6.45, 7) is 1.40. The van der Waals surface area contributed by atoms with Crippen molar-refractivity contribution in [3.63, 3.8) is 0 Å². The molecule has 0 aliphatic carbocycles. The van der Waals surface area contributed by atoms with Gasteiger partial charge in [0, 0.05) is 24.5 Å². The summed E-state index contributed by atoms with van der Waals surface area (Å²) in [4.78, 5) is 70.7. The van der Waals surface area contributed by atoms with Crippen LogP contribution in [0.15, 0.2) is 66.9 Å². The van der Waals surface area contributed by atoms with Crippen molar-refractivity contribution < 1.29 is 29.1 Å². The Kier molecular flexibility index (Phi) is 10.0. The van der Waals surface area contributed by atoms with E-state index in [0.717, 1.165) is 16.5 Å². The highest BCUT2D eigenvalue weighted by Crippen LogP contribution is 2.18. The zero-order valence-electron chi connectivity index (χ0n) is 25.2. The molecule has 2 aromatic heterocycles. The number of benzene rings is 2. The van der Waals surface area contributed by atoms with Crippen LogP contribution in [0.1, 0.15) is 54.4 Å². The normalized spacial score (nSPS) is 16.3. The van der Waals surface area contributed by atoms with Gasteiger partial charge in [-0.25, -0.2) is 4.68 Å². The number of para-hydroxylation sites is 1. The highest BCUT2D eigenvalue weighted by Gasteiger charge is 2.35. The van der Waals surface area contributed by atoms with Gasteiger partial charge in [0.25, 0.3) is 5.91 Å². The van der Waals surface area contributed by atoms with Gasteiger partial charge in [-0.2, -0.15) is 0 Å². The molecule has 1 fully saturated rings. The molecule has 2 aromatic carbocycles. The zero-order chi connectivity index (χ0) is 32.6. The predicted octanol–water partition coefficient (Wildman–Crippen LogP) is 1.54. The lowest BCUT2D eigenvalue weighted by molar-refractivity contribution is -0.143. The van der Waals surface area contributed by atoms with Gasteiger partial charge < -0.3 is 20.6 Å². The van der Waals surface area contributed by atoms with Gasteiger partial charge in [0.05, 0.1) is 23.5 Å². The standard InChI is InChI=1S/C32H34N8O6/c1-20(39-14-8-7-13-25(32(39)46)34-31(45)23-16-22-11-5-6-12-24(22)33-18-23)30(44)35-26(17-29(42)43)27(41)19-40-28(36-37-38-40)15-21-9-3-2-4-10-21/h2-6,9-12,16,18,20,25-26H,7-8,13-15,17,19H2,1H3,(H,34,45)(H,35,44)(H,42,43)/t20?,25-,26?/m0/s1. The summed E-state index contributed by atoms with van der Waals surface area (Å²) in [6.07, 6.45) is 2.74. The van der Waals surface area contributed by atoms with Crippen molar-refractivity contribution >= 4 is 40.4 Å². The molecule has 1 aliphatic rings. The monoisotopic (exact) mass is 626 g/mol. The summed E-state index contributed by atoms with van der Waals surface area (Å²) in [5, 5.41) is 27.1. The van der Waals surface area contributed by atoms with Crippen LogP contribution in [-0.4, -0.2) is 89.3 Å². The van der Waals surface area contributed by atoms with Crippen molar-refractivity contribution in [1.82, 2.24) is 40.7 Å². The number of amides is 3. The van der Waals surface area contributed by atoms with Crippen LogP contribution in [0.25, 0.3) is 10.9 Å². The van der Waals surface area contributed by atoms with Crippen molar-refractivity contribution in [3.05, 3.63) is 83.8 Å². The molecule has 5 rings (SSSR count). The summed E-state index contributed by atoms with van der Waals surface area (Å²) in [7, 11) is 0. The maximum atomic E-state index is 13.6. The Hall–Kier alpha value is -5.53. The fourth-order valence-electron chi connectivity index (χ4n) is 5.38. The molecule has 1 aliphatic heterocycles. The van der Waals surface area contributed by atoms with Crippen LogP contribution < -0.4 is 10.6 Å². The number of fused-ring (bicyclic) bond motifs is 1. The molecule has 3 N–H and O–H groups in total. The summed E-state index contributed by atoms with van der Waals surface area (Å²) < 4.78 is 1.27. The Morgan fingerprint density at radius 1 is 1.04 bits per heavy atom. The molecule has 4 aromatic rings. The maximum Gasteiger partial charge on any atom is 0.305 e. The summed E-state index contributed by atoms with van der Waals surface area (Å²) >= 11 is 0. The molecule has 0 spiro atoms. The molecular weight excluding hydrogens is 592 g/mol. The number of carbonyl (C=O) groups excluding carboxylic acids is 4. The molecular formula is C32H34N8O6. The highest BCUT2D eigenvalue weighted by atomic mass is 16.4. The summed E-state index contributed by atoms with van der Waals surface area (Å²) in [5.41, 5.74) is 1.96. The van der Waals surface area contributed by atoms with Crippen molar-refractivity contribution in [2.75, 3.05) is 6.54 Å². The largest absolute Gasteiger partial charge is 0.481 e. The number of Topliss-reactive ketones (excluding diaryl/α,β-unsaturated/α-hetero) is 1. The van der Waals surface area contributed by atoms with E-state index in [1.54, 1.807) is 6.07 Å². The number of carboxylic acid groups (broad SMARTS) is 1. The number of ketones is 1. The molecule has 0 radical (unpaired) electrons. The van der Waals surface area contributed by atoms with Crippen LogP contribution in [0.4, 0.5) is 0 Å². The lowest BCUT2D eigenvalue weighted by Crippen LogP contribution is -2.56. The van der Waals surface area contributed by atoms with Crippen LogP contribution >= 0.6 is 0 Å². The van der Waals surface area contributed by atoms with Crippen molar-refractivity contribution in [1.29, 1.82) is 0 Å². The number of carbonyl (C=O) groups is 5. The molecule has 0 bridgehead atoms. The van der Waals surface area contributed by atoms with E-state index >= 15 is 0 Å². The van der Waals surface area contributed by atoms with Crippen LogP contribution in [-0.2, 0) is 32.1 Å². The number of rotatable bonds is 12. The van der Waals surface area contributed by atoms with Gasteiger partial charge >= 0.3 is 5.97 Å². The van der Waals surface area contributed by atoms with E-state index in [0.29, 0.717) is 37.1 Å². The van der Waals surface area contributed by atoms with Gasteiger partial charge in [-0.3, -0.25) is 29.0 Å². The molecule has 1 saturated heterocycles. The van der Waals surface area contributed by atoms with Crippen molar-refractivity contribution in [2.45, 2.75) is 63.7 Å². The van der Waals surface area contributed by atoms with Gasteiger partial charge in [0.2, 0.25) is 11.8 Å². The molecule has 14 nitrogen and oxygen atoms in total. The van der Waals surface area contributed by atoms with E-state index in [4.69, 9.17) is 0 Å². The first-order valence-electron chi connectivity index (χ1n) is 15.0. The second-order valence-corrected chi connectivity index (χ2v) is 11.2. The molecule has 3 heterocycles. The second kappa shape index (κ2) is 14.5. The third-order valence-corrected chi connectivity index (χ3v) is 7.93. The van der Waals surface area contributed by atoms with Crippen LogP contribution in [0.5, 0.6) is 0 Å². The van der Waals surface area contributed by atoms with E-state index in [9.17, 15) is 29.1 Å². The van der Waals surface area contributed by atoms with Crippen molar-refractivity contribution in [2.24, 2.45) is 0 Å². The zero-order valence-corrected chi connectivity index (χ0v) is 25.2. The van der Waals surface area contributed by atoms with E-state index in [2.05, 4.69) is 31.1 Å². The van der Waals surface area contributed by atoms with Gasteiger partial charge in [-0.05, 0) is 54.3 Å². The third kappa shape index (κ3) is 7.75. The lowest BCUT2D eigenvalue weighted by atomic mass is 10.1. The topological polar surface area (TPSA) is 189 Å².